The van der Waals surface area contributed by atoms with Gasteiger partial charge < -0.3 is 14.0 Å². The van der Waals surface area contributed by atoms with Gasteiger partial charge in [-0.25, -0.2) is 9.78 Å². The number of imidazole rings is 1. The molecule has 0 saturated heterocycles. The van der Waals surface area contributed by atoms with E-state index in [1.54, 1.807) is 13.1 Å². The minimum Gasteiger partial charge on any atom is -0.452 e. The number of rotatable bonds is 6. The fraction of sp³-hybridized carbons (Fsp3) is 0.750. The van der Waals surface area contributed by atoms with Crippen molar-refractivity contribution in [3.05, 3.63) is 18.2 Å². The molecule has 0 spiro atoms. The Bertz CT molecular complexity index is 464. The van der Waals surface area contributed by atoms with Crippen LogP contribution in [0.15, 0.2) is 12.4 Å². The normalized spacial score (nSPS) is 18.9. The van der Waals surface area contributed by atoms with Crippen LogP contribution in [-0.4, -0.2) is 27.7 Å². The highest BCUT2D eigenvalue weighted by Crippen LogP contribution is 2.26. The van der Waals surface area contributed by atoms with Crippen molar-refractivity contribution < 1.29 is 14.3 Å². The molecule has 0 N–H and O–H groups in total. The van der Waals surface area contributed by atoms with Gasteiger partial charge in [0.25, 0.3) is 0 Å². The number of nitrogens with zero attached hydrogens (tertiary/aromatic N) is 2. The maximum atomic E-state index is 12.3. The Kier molecular flexibility index (Phi) is 5.39. The average Bonchev–Trinajstić information content (AvgIpc) is 3.07. The third kappa shape index (κ3) is 4.06. The average molecular weight is 294 g/mol. The zero-order chi connectivity index (χ0) is 15.4. The molecule has 0 radical (unpaired) electrons. The monoisotopic (exact) mass is 294 g/mol. The molecule has 21 heavy (non-hydrogen) atoms. The summed E-state index contributed by atoms with van der Waals surface area (Å²) in [6.45, 7) is 5.82. The second-order valence-corrected chi connectivity index (χ2v) is 6.18. The van der Waals surface area contributed by atoms with Gasteiger partial charge in [-0.3, -0.25) is 0 Å². The second-order valence-electron chi connectivity index (χ2n) is 6.18. The summed E-state index contributed by atoms with van der Waals surface area (Å²) in [6, 6.07) is 0. The Morgan fingerprint density at radius 2 is 2.00 bits per heavy atom. The van der Waals surface area contributed by atoms with Crippen LogP contribution < -0.4 is 0 Å². The number of ether oxygens (including phenoxy) is 2. The van der Waals surface area contributed by atoms with Gasteiger partial charge in [0.05, 0.1) is 6.10 Å². The lowest BCUT2D eigenvalue weighted by atomic mass is 10.1. The van der Waals surface area contributed by atoms with E-state index in [2.05, 4.69) is 4.98 Å². The maximum Gasteiger partial charge on any atom is 0.335 e. The second kappa shape index (κ2) is 7.07. The lowest BCUT2D eigenvalue weighted by Gasteiger charge is -2.24. The fourth-order valence-electron chi connectivity index (χ4n) is 2.73. The van der Waals surface area contributed by atoms with Crippen molar-refractivity contribution in [2.24, 2.45) is 13.0 Å². The molecular weight excluding hydrogens is 268 g/mol. The number of aryl methyl sites for hydroxylation is 1. The number of carbonyl (C=O) groups excluding carboxylic acids is 1. The van der Waals surface area contributed by atoms with Crippen molar-refractivity contribution >= 4 is 5.97 Å². The largest absolute Gasteiger partial charge is 0.452 e. The Balaban J connectivity index is 1.96. The Hall–Kier alpha value is -1.36. The molecule has 1 aromatic rings. The zero-order valence-electron chi connectivity index (χ0n) is 13.4. The summed E-state index contributed by atoms with van der Waals surface area (Å²) in [6.07, 6.45) is 7.39. The minimum atomic E-state index is -0.519. The van der Waals surface area contributed by atoms with E-state index in [1.165, 1.54) is 12.8 Å². The molecule has 5 heteroatoms. The van der Waals surface area contributed by atoms with Crippen LogP contribution >= 0.6 is 0 Å². The Morgan fingerprint density at radius 1 is 1.33 bits per heavy atom. The van der Waals surface area contributed by atoms with Crippen LogP contribution in [-0.2, 0) is 21.3 Å². The minimum absolute atomic E-state index is 0.161. The van der Waals surface area contributed by atoms with Gasteiger partial charge in [0.15, 0.2) is 12.2 Å². The number of aromatic nitrogens is 2. The molecular formula is C16H26N2O3. The van der Waals surface area contributed by atoms with E-state index in [9.17, 15) is 4.79 Å². The standard InChI is InChI=1S/C16H26N2O3/c1-11(2)14(15-17-9-10-18(15)4)21-16(19)12(3)20-13-7-5-6-8-13/h9-14H,5-8H2,1-4H3/t12-,14-/m0/s1. The molecule has 0 bridgehead atoms. The fourth-order valence-corrected chi connectivity index (χ4v) is 2.73. The molecule has 2 atom stereocenters. The first-order valence-corrected chi connectivity index (χ1v) is 7.82. The van der Waals surface area contributed by atoms with Crippen molar-refractivity contribution in [3.63, 3.8) is 0 Å². The van der Waals surface area contributed by atoms with Crippen molar-refractivity contribution in [1.29, 1.82) is 0 Å². The van der Waals surface area contributed by atoms with Crippen LogP contribution in [0.1, 0.15) is 58.4 Å². The summed E-state index contributed by atoms with van der Waals surface area (Å²) >= 11 is 0. The highest BCUT2D eigenvalue weighted by atomic mass is 16.6. The summed E-state index contributed by atoms with van der Waals surface area (Å²) in [5.41, 5.74) is 0. The summed E-state index contributed by atoms with van der Waals surface area (Å²) < 4.78 is 13.4. The first-order chi connectivity index (χ1) is 9.99. The molecule has 1 saturated carbocycles. The first-order valence-electron chi connectivity index (χ1n) is 7.82. The lowest BCUT2D eigenvalue weighted by Crippen LogP contribution is -2.30. The van der Waals surface area contributed by atoms with Crippen LogP contribution in [0.4, 0.5) is 0 Å². The zero-order valence-corrected chi connectivity index (χ0v) is 13.4. The van der Waals surface area contributed by atoms with Gasteiger partial charge in [-0.15, -0.1) is 0 Å². The third-order valence-electron chi connectivity index (χ3n) is 3.99. The van der Waals surface area contributed by atoms with Crippen molar-refractivity contribution in [2.45, 2.75) is 64.8 Å². The van der Waals surface area contributed by atoms with Gasteiger partial charge in [0.1, 0.15) is 5.82 Å². The van der Waals surface area contributed by atoms with E-state index < -0.39 is 6.10 Å². The molecule has 5 nitrogen and oxygen atoms in total. The van der Waals surface area contributed by atoms with Gasteiger partial charge in [0, 0.05) is 19.4 Å². The predicted octanol–water partition coefficient (Wildman–Crippen LogP) is 3.01. The number of carbonyl (C=O) groups is 1. The van der Waals surface area contributed by atoms with Crippen molar-refractivity contribution in [1.82, 2.24) is 9.55 Å². The van der Waals surface area contributed by atoms with E-state index in [1.807, 2.05) is 31.7 Å². The Labute approximate surface area is 126 Å². The molecule has 0 amide bonds. The van der Waals surface area contributed by atoms with Gasteiger partial charge in [-0.2, -0.15) is 0 Å². The molecule has 0 aliphatic heterocycles. The van der Waals surface area contributed by atoms with Crippen LogP contribution in [0.5, 0.6) is 0 Å². The van der Waals surface area contributed by atoms with Gasteiger partial charge in [-0.05, 0) is 25.7 Å². The van der Waals surface area contributed by atoms with Crippen LogP contribution in [0, 0.1) is 5.92 Å². The summed E-state index contributed by atoms with van der Waals surface area (Å²) in [5, 5.41) is 0. The number of esters is 1. The van der Waals surface area contributed by atoms with Crippen molar-refractivity contribution in [3.8, 4) is 0 Å². The third-order valence-corrected chi connectivity index (χ3v) is 3.99. The van der Waals surface area contributed by atoms with Crippen molar-refractivity contribution in [2.75, 3.05) is 0 Å². The van der Waals surface area contributed by atoms with Crippen LogP contribution in [0.3, 0.4) is 0 Å². The number of hydrogen-bond donors (Lipinski definition) is 0. The predicted molar refractivity (Wildman–Crippen MR) is 79.7 cm³/mol. The smallest absolute Gasteiger partial charge is 0.335 e. The number of hydrogen-bond acceptors (Lipinski definition) is 4. The van der Waals surface area contributed by atoms with Crippen LogP contribution in [0.25, 0.3) is 0 Å². The van der Waals surface area contributed by atoms with E-state index in [0.717, 1.165) is 18.7 Å². The van der Waals surface area contributed by atoms with Gasteiger partial charge >= 0.3 is 5.97 Å². The maximum absolute atomic E-state index is 12.3. The first kappa shape index (κ1) is 16.0. The quantitative estimate of drug-likeness (QED) is 0.757. The molecule has 118 valence electrons. The molecule has 2 rings (SSSR count). The molecule has 1 aliphatic carbocycles. The van der Waals surface area contributed by atoms with E-state index >= 15 is 0 Å². The summed E-state index contributed by atoms with van der Waals surface area (Å²) in [7, 11) is 1.91. The van der Waals surface area contributed by atoms with E-state index in [0.29, 0.717) is 0 Å². The van der Waals surface area contributed by atoms with Crippen LogP contribution in [0.2, 0.25) is 0 Å². The molecule has 1 heterocycles. The highest BCUT2D eigenvalue weighted by molar-refractivity contribution is 5.74. The van der Waals surface area contributed by atoms with Gasteiger partial charge in [-0.1, -0.05) is 26.7 Å². The summed E-state index contributed by atoms with van der Waals surface area (Å²) in [4.78, 5) is 16.6. The lowest BCUT2D eigenvalue weighted by molar-refractivity contribution is -0.168. The summed E-state index contributed by atoms with van der Waals surface area (Å²) in [5.74, 6) is 0.628. The SMILES string of the molecule is CC(C)[C@H](OC(=O)[C@H](C)OC1CCCC1)c1nccn1C. The molecule has 0 unspecified atom stereocenters. The Morgan fingerprint density at radius 3 is 2.52 bits per heavy atom. The van der Waals surface area contributed by atoms with E-state index in [-0.39, 0.29) is 24.1 Å². The molecule has 1 aliphatic rings. The topological polar surface area (TPSA) is 53.4 Å². The van der Waals surface area contributed by atoms with E-state index in [4.69, 9.17) is 9.47 Å². The molecule has 1 aromatic heterocycles. The van der Waals surface area contributed by atoms with Gasteiger partial charge in [0.2, 0.25) is 0 Å². The highest BCUT2D eigenvalue weighted by Gasteiger charge is 2.29. The molecule has 0 aromatic carbocycles. The molecule has 1 fully saturated rings.